The van der Waals surface area contributed by atoms with Gasteiger partial charge in [0.25, 0.3) is 0 Å². The molecule has 188 valence electrons. The second kappa shape index (κ2) is 11.1. The number of rotatable bonds is 7. The molecule has 0 radical (unpaired) electrons. The van der Waals surface area contributed by atoms with E-state index in [1.54, 1.807) is 7.11 Å². The topological polar surface area (TPSA) is 67.8 Å². The predicted molar refractivity (Wildman–Crippen MR) is 140 cm³/mol. The molecule has 1 aromatic heterocycles. The number of piperazine rings is 1. The average molecular weight is 487 g/mol. The van der Waals surface area contributed by atoms with Gasteiger partial charge in [-0.15, -0.1) is 0 Å². The summed E-state index contributed by atoms with van der Waals surface area (Å²) >= 11 is 0. The fourth-order valence-corrected chi connectivity index (χ4v) is 5.08. The molecule has 2 aromatic carbocycles. The van der Waals surface area contributed by atoms with E-state index < -0.39 is 0 Å². The maximum absolute atomic E-state index is 12.9. The van der Waals surface area contributed by atoms with Gasteiger partial charge in [0, 0.05) is 56.0 Å². The van der Waals surface area contributed by atoms with Gasteiger partial charge in [0.1, 0.15) is 11.6 Å². The highest BCUT2D eigenvalue weighted by molar-refractivity contribution is 5.79. The van der Waals surface area contributed by atoms with Crippen LogP contribution in [0.2, 0.25) is 0 Å². The predicted octanol–water partition coefficient (Wildman–Crippen LogP) is 3.99. The highest BCUT2D eigenvalue weighted by Crippen LogP contribution is 2.30. The van der Waals surface area contributed by atoms with Gasteiger partial charge in [-0.2, -0.15) is 0 Å². The first-order valence-electron chi connectivity index (χ1n) is 12.9. The van der Waals surface area contributed by atoms with Gasteiger partial charge in [-0.1, -0.05) is 49.4 Å². The number of hydrogen-bond donors (Lipinski definition) is 0. The molecule has 0 aliphatic carbocycles. The second-order valence-corrected chi connectivity index (χ2v) is 9.42. The molecular formula is C29H34N4O3. The van der Waals surface area contributed by atoms with Crippen molar-refractivity contribution >= 4 is 11.7 Å². The molecule has 2 aliphatic rings. The summed E-state index contributed by atoms with van der Waals surface area (Å²) in [5, 5.41) is 0. The fraction of sp³-hybridized carbons (Fsp3) is 0.414. The van der Waals surface area contributed by atoms with Crippen LogP contribution in [0.3, 0.4) is 0 Å². The molecule has 1 atom stereocenters. The normalized spacial score (nSPS) is 17.9. The van der Waals surface area contributed by atoms with E-state index in [1.165, 1.54) is 0 Å². The molecule has 0 spiro atoms. The van der Waals surface area contributed by atoms with Crippen LogP contribution in [0.4, 0.5) is 5.82 Å². The highest BCUT2D eigenvalue weighted by atomic mass is 16.5. The summed E-state index contributed by atoms with van der Waals surface area (Å²) in [6.45, 7) is 6.27. The van der Waals surface area contributed by atoms with Crippen LogP contribution in [0.1, 0.15) is 30.2 Å². The van der Waals surface area contributed by atoms with E-state index in [0.717, 1.165) is 72.1 Å². The first-order chi connectivity index (χ1) is 17.7. The molecule has 3 heterocycles. The number of carbonyl (C=O) groups excluding carboxylic acids is 1. The summed E-state index contributed by atoms with van der Waals surface area (Å²) in [6, 6.07) is 18.3. The minimum absolute atomic E-state index is 0.00981. The van der Waals surface area contributed by atoms with Gasteiger partial charge in [-0.25, -0.2) is 9.97 Å². The number of anilines is 1. The lowest BCUT2D eigenvalue weighted by molar-refractivity contribution is -0.135. The standard InChI is InChI=1S/C29H34N4O3/c1-3-26-25(19-21-8-7-11-24(18-21)35-2)28(31-27(30-26)22-9-5-4-6-10-22)32-13-15-33(16-14-32)29(34)23-12-17-36-20-23/h4-11,18,23H,3,12-17,19-20H2,1-2H3. The zero-order valence-corrected chi connectivity index (χ0v) is 21.2. The Bertz CT molecular complexity index is 1190. The Hall–Kier alpha value is -3.45. The number of nitrogens with zero attached hydrogens (tertiary/aromatic N) is 4. The van der Waals surface area contributed by atoms with Crippen LogP contribution in [0.5, 0.6) is 5.75 Å². The summed E-state index contributed by atoms with van der Waals surface area (Å²) in [4.78, 5) is 27.4. The molecule has 7 heteroatoms. The summed E-state index contributed by atoms with van der Waals surface area (Å²) in [6.07, 6.45) is 2.37. The van der Waals surface area contributed by atoms with Crippen molar-refractivity contribution in [1.82, 2.24) is 14.9 Å². The van der Waals surface area contributed by atoms with Gasteiger partial charge in [0.15, 0.2) is 5.82 Å². The quantitative estimate of drug-likeness (QED) is 0.503. The van der Waals surface area contributed by atoms with E-state index in [-0.39, 0.29) is 11.8 Å². The van der Waals surface area contributed by atoms with Crippen molar-refractivity contribution < 1.29 is 14.3 Å². The highest BCUT2D eigenvalue weighted by Gasteiger charge is 2.31. The lowest BCUT2D eigenvalue weighted by atomic mass is 10.0. The second-order valence-electron chi connectivity index (χ2n) is 9.42. The van der Waals surface area contributed by atoms with E-state index in [0.29, 0.717) is 26.3 Å². The average Bonchev–Trinajstić information content (AvgIpc) is 3.48. The van der Waals surface area contributed by atoms with Crippen molar-refractivity contribution in [2.75, 3.05) is 51.4 Å². The molecule has 0 bridgehead atoms. The van der Waals surface area contributed by atoms with Gasteiger partial charge in [0.05, 0.1) is 19.6 Å². The number of aromatic nitrogens is 2. The number of carbonyl (C=O) groups is 1. The Morgan fingerprint density at radius 3 is 2.56 bits per heavy atom. The maximum Gasteiger partial charge on any atom is 0.228 e. The van der Waals surface area contributed by atoms with Crippen LogP contribution in [0, 0.1) is 5.92 Å². The summed E-state index contributed by atoms with van der Waals surface area (Å²) in [5.41, 5.74) is 4.38. The molecule has 0 saturated carbocycles. The number of amides is 1. The van der Waals surface area contributed by atoms with Crippen molar-refractivity contribution in [2.24, 2.45) is 5.92 Å². The Labute approximate surface area is 213 Å². The van der Waals surface area contributed by atoms with Crippen LogP contribution in [0.25, 0.3) is 11.4 Å². The fourth-order valence-electron chi connectivity index (χ4n) is 5.08. The van der Waals surface area contributed by atoms with Crippen molar-refractivity contribution in [1.29, 1.82) is 0 Å². The third kappa shape index (κ3) is 5.21. The zero-order chi connectivity index (χ0) is 24.9. The lowest BCUT2D eigenvalue weighted by Gasteiger charge is -2.37. The number of aryl methyl sites for hydroxylation is 1. The van der Waals surface area contributed by atoms with Gasteiger partial charge in [0.2, 0.25) is 5.91 Å². The minimum Gasteiger partial charge on any atom is -0.497 e. The summed E-state index contributed by atoms with van der Waals surface area (Å²) < 4.78 is 10.9. The smallest absolute Gasteiger partial charge is 0.228 e. The zero-order valence-electron chi connectivity index (χ0n) is 21.2. The first kappa shape index (κ1) is 24.3. The Morgan fingerprint density at radius 2 is 1.86 bits per heavy atom. The molecule has 1 unspecified atom stereocenters. The maximum atomic E-state index is 12.9. The van der Waals surface area contributed by atoms with Crippen molar-refractivity contribution in [3.05, 3.63) is 71.4 Å². The lowest BCUT2D eigenvalue weighted by Crippen LogP contribution is -2.51. The van der Waals surface area contributed by atoms with Crippen LogP contribution < -0.4 is 9.64 Å². The molecule has 36 heavy (non-hydrogen) atoms. The van der Waals surface area contributed by atoms with Crippen LogP contribution in [-0.4, -0.2) is 67.3 Å². The Kier molecular flexibility index (Phi) is 7.47. The number of benzene rings is 2. The number of hydrogen-bond acceptors (Lipinski definition) is 6. The monoisotopic (exact) mass is 486 g/mol. The first-order valence-corrected chi connectivity index (χ1v) is 12.9. The Morgan fingerprint density at radius 1 is 1.06 bits per heavy atom. The molecular weight excluding hydrogens is 452 g/mol. The van der Waals surface area contributed by atoms with E-state index in [1.807, 2.05) is 35.2 Å². The van der Waals surface area contributed by atoms with E-state index >= 15 is 0 Å². The van der Waals surface area contributed by atoms with Gasteiger partial charge >= 0.3 is 0 Å². The molecule has 5 rings (SSSR count). The number of ether oxygens (including phenoxy) is 2. The largest absolute Gasteiger partial charge is 0.497 e. The molecule has 7 nitrogen and oxygen atoms in total. The van der Waals surface area contributed by atoms with E-state index in [9.17, 15) is 4.79 Å². The van der Waals surface area contributed by atoms with E-state index in [4.69, 9.17) is 19.4 Å². The molecule has 2 aliphatic heterocycles. The Balaban J connectivity index is 1.47. The van der Waals surface area contributed by atoms with E-state index in [2.05, 4.69) is 36.1 Å². The summed E-state index contributed by atoms with van der Waals surface area (Å²) in [5.74, 6) is 2.80. The molecule has 3 aromatic rings. The van der Waals surface area contributed by atoms with Gasteiger partial charge < -0.3 is 19.3 Å². The SMILES string of the molecule is CCc1nc(-c2ccccc2)nc(N2CCN(C(=O)C3CCOC3)CC2)c1Cc1cccc(OC)c1. The van der Waals surface area contributed by atoms with Crippen molar-refractivity contribution in [2.45, 2.75) is 26.2 Å². The van der Waals surface area contributed by atoms with Crippen LogP contribution in [0.15, 0.2) is 54.6 Å². The molecule has 2 fully saturated rings. The third-order valence-electron chi connectivity index (χ3n) is 7.12. The molecule has 0 N–H and O–H groups in total. The summed E-state index contributed by atoms with van der Waals surface area (Å²) in [7, 11) is 1.69. The molecule has 1 amide bonds. The molecule has 2 saturated heterocycles. The minimum atomic E-state index is 0.00981. The van der Waals surface area contributed by atoms with Crippen molar-refractivity contribution in [3.63, 3.8) is 0 Å². The van der Waals surface area contributed by atoms with Gasteiger partial charge in [-0.05, 0) is 30.5 Å². The third-order valence-corrected chi connectivity index (χ3v) is 7.12. The number of methoxy groups -OCH3 is 1. The van der Waals surface area contributed by atoms with Crippen LogP contribution >= 0.6 is 0 Å². The van der Waals surface area contributed by atoms with Gasteiger partial charge in [-0.3, -0.25) is 4.79 Å². The van der Waals surface area contributed by atoms with Crippen LogP contribution in [-0.2, 0) is 22.4 Å². The van der Waals surface area contributed by atoms with Crippen molar-refractivity contribution in [3.8, 4) is 17.1 Å².